The summed E-state index contributed by atoms with van der Waals surface area (Å²) in [7, 11) is 0. The summed E-state index contributed by atoms with van der Waals surface area (Å²) in [5.74, 6) is -0.0400. The second-order valence-electron chi connectivity index (χ2n) is 5.27. The Hall–Kier alpha value is -1.32. The summed E-state index contributed by atoms with van der Waals surface area (Å²) in [6.07, 6.45) is 4.05. The van der Waals surface area contributed by atoms with Crippen LogP contribution in [0, 0.1) is 0 Å². The summed E-state index contributed by atoms with van der Waals surface area (Å²) in [4.78, 5) is 22.9. The van der Waals surface area contributed by atoms with Crippen molar-refractivity contribution in [2.45, 2.75) is 54.4 Å². The maximum atomic E-state index is 11.6. The van der Waals surface area contributed by atoms with Gasteiger partial charge in [-0.3, -0.25) is 0 Å². The van der Waals surface area contributed by atoms with E-state index in [1.807, 2.05) is 13.8 Å². The Morgan fingerprint density at radius 3 is 1.72 bits per heavy atom. The predicted octanol–water partition coefficient (Wildman–Crippen LogP) is 3.27. The normalized spacial score (nSPS) is 12.7. The summed E-state index contributed by atoms with van der Waals surface area (Å²) in [5.41, 5.74) is 0. The summed E-state index contributed by atoms with van der Waals surface area (Å²) in [6.45, 7) is 11.3. The van der Waals surface area contributed by atoms with Gasteiger partial charge < -0.3 is 0 Å². The molecule has 0 radical (unpaired) electrons. The minimum atomic E-state index is -4.22. The minimum absolute atomic E-state index is 0.154. The third-order valence-corrected chi connectivity index (χ3v) is 7.29. The molecule has 0 amide bonds. The average molecular weight is 419 g/mol. The fourth-order valence-corrected chi connectivity index (χ4v) is 6.29. The fourth-order valence-electron chi connectivity index (χ4n) is 1.72. The molecule has 0 atom stereocenters. The molecular formula is C17H30GeO7. The molecule has 0 aromatic carbocycles. The molecule has 0 aliphatic heterocycles. The van der Waals surface area contributed by atoms with E-state index < -0.39 is 20.6 Å². The Morgan fingerprint density at radius 1 is 0.840 bits per heavy atom. The summed E-state index contributed by atoms with van der Waals surface area (Å²) in [5, 5.41) is 0. The van der Waals surface area contributed by atoms with Crippen LogP contribution in [0.4, 0.5) is 0 Å². The van der Waals surface area contributed by atoms with Gasteiger partial charge in [0.15, 0.2) is 0 Å². The van der Waals surface area contributed by atoms with Gasteiger partial charge in [-0.05, 0) is 0 Å². The Kier molecular flexibility index (Phi) is 12.3. The number of ether oxygens (including phenoxy) is 1. The first kappa shape index (κ1) is 23.7. The van der Waals surface area contributed by atoms with Gasteiger partial charge >= 0.3 is 154 Å². The molecule has 0 unspecified atom stereocenters. The van der Waals surface area contributed by atoms with Crippen molar-refractivity contribution in [1.82, 2.24) is 0 Å². The van der Waals surface area contributed by atoms with Crippen molar-refractivity contribution in [1.29, 1.82) is 0 Å². The molecule has 25 heavy (non-hydrogen) atoms. The van der Waals surface area contributed by atoms with E-state index in [0.717, 1.165) is 12.8 Å². The van der Waals surface area contributed by atoms with E-state index in [0.29, 0.717) is 19.0 Å². The van der Waals surface area contributed by atoms with Crippen LogP contribution in [0.2, 0.25) is 0 Å². The number of carbonyl (C=O) groups excluding carboxylic acids is 2. The quantitative estimate of drug-likeness (QED) is 0.196. The number of rotatable bonds is 13. The molecule has 0 rings (SSSR count). The van der Waals surface area contributed by atoms with E-state index in [2.05, 4.69) is 0 Å². The molecule has 0 bridgehead atoms. The van der Waals surface area contributed by atoms with Gasteiger partial charge in [0.25, 0.3) is 0 Å². The molecular weight excluding hydrogens is 389 g/mol. The summed E-state index contributed by atoms with van der Waals surface area (Å²) < 4.78 is 28.2. The molecule has 0 saturated heterocycles. The standard InChI is InChI=1S/C17H30GeO7/c1-7-10-22-18(23-11-8-2,24-15(5)12-14(4)19)25-16(6)13-17(20)21-9-3/h12-13H,7-11H2,1-6H3. The Bertz CT molecular complexity index is 477. The van der Waals surface area contributed by atoms with Gasteiger partial charge in [-0.2, -0.15) is 0 Å². The second-order valence-corrected chi connectivity index (χ2v) is 9.44. The number of hydrogen-bond donors (Lipinski definition) is 0. The molecule has 8 heteroatoms. The summed E-state index contributed by atoms with van der Waals surface area (Å²) >= 11 is -4.22. The van der Waals surface area contributed by atoms with Gasteiger partial charge in [-0.15, -0.1) is 0 Å². The molecule has 0 saturated carbocycles. The van der Waals surface area contributed by atoms with Gasteiger partial charge in [0, 0.05) is 0 Å². The van der Waals surface area contributed by atoms with Crippen LogP contribution in [0.5, 0.6) is 0 Å². The molecule has 0 heterocycles. The van der Waals surface area contributed by atoms with E-state index in [-0.39, 0.29) is 18.1 Å². The van der Waals surface area contributed by atoms with Gasteiger partial charge in [0.05, 0.1) is 0 Å². The molecule has 0 aliphatic rings. The van der Waals surface area contributed by atoms with Crippen LogP contribution >= 0.6 is 0 Å². The van der Waals surface area contributed by atoms with E-state index in [9.17, 15) is 9.59 Å². The number of esters is 1. The van der Waals surface area contributed by atoms with Crippen LogP contribution in [0.1, 0.15) is 54.4 Å². The molecule has 0 spiro atoms. The third kappa shape index (κ3) is 11.0. The van der Waals surface area contributed by atoms with Crippen LogP contribution in [0.25, 0.3) is 0 Å². The van der Waals surface area contributed by atoms with Crippen molar-refractivity contribution in [3.05, 3.63) is 23.7 Å². The van der Waals surface area contributed by atoms with Crippen LogP contribution in [0.3, 0.4) is 0 Å². The topological polar surface area (TPSA) is 80.3 Å². The van der Waals surface area contributed by atoms with Crippen molar-refractivity contribution in [3.63, 3.8) is 0 Å². The van der Waals surface area contributed by atoms with Gasteiger partial charge in [-0.1, -0.05) is 0 Å². The maximum absolute atomic E-state index is 11.6. The first-order valence-corrected chi connectivity index (χ1v) is 11.9. The molecule has 144 valence electrons. The first-order valence-electron chi connectivity index (χ1n) is 8.48. The van der Waals surface area contributed by atoms with Gasteiger partial charge in [0.1, 0.15) is 0 Å². The summed E-state index contributed by atoms with van der Waals surface area (Å²) in [6, 6.07) is 0. The molecule has 0 aromatic rings. The van der Waals surface area contributed by atoms with Gasteiger partial charge in [0.2, 0.25) is 0 Å². The van der Waals surface area contributed by atoms with Crippen molar-refractivity contribution in [3.8, 4) is 0 Å². The number of hydrogen-bond acceptors (Lipinski definition) is 7. The van der Waals surface area contributed by atoms with E-state index in [4.69, 9.17) is 19.8 Å². The zero-order valence-corrected chi connectivity index (χ0v) is 18.1. The van der Waals surface area contributed by atoms with Crippen molar-refractivity contribution >= 4 is 26.4 Å². The van der Waals surface area contributed by atoms with Crippen LogP contribution in [-0.2, 0) is 29.4 Å². The van der Waals surface area contributed by atoms with Crippen LogP contribution in [0.15, 0.2) is 23.7 Å². The third-order valence-electron chi connectivity index (χ3n) is 2.55. The molecule has 0 fully saturated rings. The Labute approximate surface area is 154 Å². The van der Waals surface area contributed by atoms with Crippen molar-refractivity contribution < 1.29 is 29.4 Å². The van der Waals surface area contributed by atoms with E-state index >= 15 is 0 Å². The fraction of sp³-hybridized carbons (Fsp3) is 0.647. The number of allylic oxidation sites excluding steroid dienone is 3. The van der Waals surface area contributed by atoms with Crippen LogP contribution in [-0.4, -0.2) is 46.2 Å². The Balaban J connectivity index is 5.48. The predicted molar refractivity (Wildman–Crippen MR) is 95.2 cm³/mol. The van der Waals surface area contributed by atoms with Crippen molar-refractivity contribution in [2.75, 3.05) is 19.8 Å². The zero-order chi connectivity index (χ0) is 19.3. The molecule has 0 aliphatic carbocycles. The number of carbonyl (C=O) groups is 2. The Morgan fingerprint density at radius 2 is 1.32 bits per heavy atom. The number of ketones is 1. The molecule has 7 nitrogen and oxygen atoms in total. The molecule has 0 N–H and O–H groups in total. The van der Waals surface area contributed by atoms with Crippen molar-refractivity contribution in [2.24, 2.45) is 0 Å². The SMILES string of the molecule is CCC[O][Ge]([O]CCC)([O]C(C)=CC(C)=O)[O]C(C)=CC(=O)OCC. The van der Waals surface area contributed by atoms with Crippen LogP contribution < -0.4 is 0 Å². The van der Waals surface area contributed by atoms with E-state index in [1.54, 1.807) is 20.8 Å². The van der Waals surface area contributed by atoms with Gasteiger partial charge in [-0.25, -0.2) is 0 Å². The first-order chi connectivity index (χ1) is 11.8. The monoisotopic (exact) mass is 420 g/mol. The zero-order valence-electron chi connectivity index (χ0n) is 16.0. The second kappa shape index (κ2) is 13.0. The average Bonchev–Trinajstić information content (AvgIpc) is 2.50. The van der Waals surface area contributed by atoms with E-state index in [1.165, 1.54) is 19.1 Å². The molecule has 0 aromatic heterocycles.